The van der Waals surface area contributed by atoms with Gasteiger partial charge in [-0.2, -0.15) is 0 Å². The van der Waals surface area contributed by atoms with Crippen LogP contribution in [0.25, 0.3) is 0 Å². The zero-order chi connectivity index (χ0) is 17.9. The lowest BCUT2D eigenvalue weighted by Gasteiger charge is -2.26. The summed E-state index contributed by atoms with van der Waals surface area (Å²) in [6.45, 7) is 6.47. The van der Waals surface area contributed by atoms with Gasteiger partial charge in [0, 0.05) is 40.4 Å². The Balaban J connectivity index is 0.00000338. The minimum absolute atomic E-state index is 0. The molecule has 1 aromatic rings. The summed E-state index contributed by atoms with van der Waals surface area (Å²) in [5.74, 6) is 2.65. The molecule has 6 heteroatoms. The molecule has 1 aliphatic heterocycles. The zero-order valence-electron chi connectivity index (χ0n) is 16.4. The number of hydrogen-bond donors (Lipinski definition) is 1. The van der Waals surface area contributed by atoms with Gasteiger partial charge in [-0.25, -0.2) is 0 Å². The number of halogens is 1. The van der Waals surface area contributed by atoms with Gasteiger partial charge in [0.15, 0.2) is 5.96 Å². The Morgan fingerprint density at radius 2 is 2.12 bits per heavy atom. The van der Waals surface area contributed by atoms with E-state index in [-0.39, 0.29) is 24.0 Å². The Morgan fingerprint density at radius 3 is 2.81 bits per heavy atom. The molecule has 0 aromatic heterocycles. The van der Waals surface area contributed by atoms with Crippen LogP contribution in [-0.4, -0.2) is 51.3 Å². The predicted octanol–water partition coefficient (Wildman–Crippen LogP) is 3.92. The van der Waals surface area contributed by atoms with E-state index >= 15 is 0 Å². The first-order valence-corrected chi connectivity index (χ1v) is 9.44. The first-order chi connectivity index (χ1) is 12.2. The monoisotopic (exact) mass is 475 g/mol. The minimum Gasteiger partial charge on any atom is -0.494 e. The van der Waals surface area contributed by atoms with Crippen LogP contribution in [0.4, 0.5) is 0 Å². The third-order valence-electron chi connectivity index (χ3n) is 4.61. The molecule has 0 saturated carbocycles. The average molecular weight is 475 g/mol. The summed E-state index contributed by atoms with van der Waals surface area (Å²) in [6.07, 6.45) is 4.59. The predicted molar refractivity (Wildman–Crippen MR) is 119 cm³/mol. The van der Waals surface area contributed by atoms with E-state index < -0.39 is 0 Å². The molecule has 1 aromatic carbocycles. The molecule has 2 rings (SSSR count). The second-order valence-corrected chi connectivity index (χ2v) is 6.66. The van der Waals surface area contributed by atoms with Crippen molar-refractivity contribution in [3.8, 4) is 5.75 Å². The maximum absolute atomic E-state index is 5.70. The lowest BCUT2D eigenvalue weighted by atomic mass is 9.96. The van der Waals surface area contributed by atoms with Crippen molar-refractivity contribution in [2.75, 3.05) is 40.5 Å². The van der Waals surface area contributed by atoms with Crippen molar-refractivity contribution in [2.24, 2.45) is 10.9 Å². The highest BCUT2D eigenvalue weighted by atomic mass is 127. The van der Waals surface area contributed by atoms with E-state index in [1.165, 1.54) is 24.8 Å². The number of ether oxygens (including phenoxy) is 2. The Hall–Kier alpha value is -1.02. The first-order valence-electron chi connectivity index (χ1n) is 9.44. The molecule has 1 heterocycles. The fraction of sp³-hybridized carbons (Fsp3) is 0.650. The Morgan fingerprint density at radius 1 is 1.35 bits per heavy atom. The minimum atomic E-state index is 0. The molecule has 0 radical (unpaired) electrons. The Labute approximate surface area is 175 Å². The van der Waals surface area contributed by atoms with Crippen molar-refractivity contribution in [1.82, 2.24) is 10.2 Å². The maximum atomic E-state index is 5.70. The summed E-state index contributed by atoms with van der Waals surface area (Å²) in [5.41, 5.74) is 1.20. The fourth-order valence-corrected chi connectivity index (χ4v) is 3.05. The Kier molecular flexibility index (Phi) is 11.7. The number of rotatable bonds is 8. The van der Waals surface area contributed by atoms with Crippen LogP contribution in [0.3, 0.4) is 0 Å². The summed E-state index contributed by atoms with van der Waals surface area (Å²) >= 11 is 0. The highest BCUT2D eigenvalue weighted by Crippen LogP contribution is 2.18. The van der Waals surface area contributed by atoms with Crippen molar-refractivity contribution in [3.05, 3.63) is 29.8 Å². The van der Waals surface area contributed by atoms with E-state index in [9.17, 15) is 0 Å². The molecular weight excluding hydrogens is 441 g/mol. The number of nitrogens with zero attached hydrogens (tertiary/aromatic N) is 2. The third kappa shape index (κ3) is 8.12. The Bertz CT molecular complexity index is 534. The van der Waals surface area contributed by atoms with Crippen molar-refractivity contribution >= 4 is 29.9 Å². The number of guanidine groups is 1. The molecule has 148 valence electrons. The number of hydrogen-bond acceptors (Lipinski definition) is 3. The topological polar surface area (TPSA) is 46.1 Å². The summed E-state index contributed by atoms with van der Waals surface area (Å²) in [4.78, 5) is 6.63. The molecule has 0 amide bonds. The van der Waals surface area contributed by atoms with Gasteiger partial charge in [0.25, 0.3) is 0 Å². The summed E-state index contributed by atoms with van der Waals surface area (Å²) in [5, 5.41) is 3.45. The molecule has 1 aliphatic rings. The van der Waals surface area contributed by atoms with E-state index in [1.54, 1.807) is 0 Å². The number of benzene rings is 1. The van der Waals surface area contributed by atoms with Crippen molar-refractivity contribution in [3.63, 3.8) is 0 Å². The number of nitrogens with one attached hydrogen (secondary N) is 1. The SMILES string of the molecule is CCCOc1cccc(CNC(=NC)N(C)CCC2CCOCC2)c1.I. The van der Waals surface area contributed by atoms with E-state index in [1.807, 2.05) is 19.2 Å². The second-order valence-electron chi connectivity index (χ2n) is 6.66. The normalized spacial score (nSPS) is 15.3. The van der Waals surface area contributed by atoms with Crippen molar-refractivity contribution in [1.29, 1.82) is 0 Å². The van der Waals surface area contributed by atoms with Crippen LogP contribution in [0.15, 0.2) is 29.3 Å². The fourth-order valence-electron chi connectivity index (χ4n) is 3.05. The van der Waals surface area contributed by atoms with Gasteiger partial charge in [0.05, 0.1) is 6.61 Å². The van der Waals surface area contributed by atoms with Gasteiger partial charge in [-0.05, 0) is 49.3 Å². The standard InChI is InChI=1S/C20H33N3O2.HI/c1-4-12-25-19-7-5-6-18(15-19)16-22-20(21-2)23(3)11-8-17-9-13-24-14-10-17;/h5-7,15,17H,4,8-14,16H2,1-3H3,(H,21,22);1H. The maximum Gasteiger partial charge on any atom is 0.193 e. The quantitative estimate of drug-likeness (QED) is 0.352. The van der Waals surface area contributed by atoms with E-state index in [4.69, 9.17) is 9.47 Å². The highest BCUT2D eigenvalue weighted by Gasteiger charge is 2.15. The van der Waals surface area contributed by atoms with Crippen LogP contribution in [0.5, 0.6) is 5.75 Å². The van der Waals surface area contributed by atoms with E-state index in [2.05, 4.69) is 41.3 Å². The molecule has 0 aliphatic carbocycles. The van der Waals surface area contributed by atoms with Crippen LogP contribution < -0.4 is 10.1 Å². The summed E-state index contributed by atoms with van der Waals surface area (Å²) < 4.78 is 11.1. The van der Waals surface area contributed by atoms with Gasteiger partial charge in [0.1, 0.15) is 5.75 Å². The highest BCUT2D eigenvalue weighted by molar-refractivity contribution is 14.0. The van der Waals surface area contributed by atoms with Gasteiger partial charge in [-0.3, -0.25) is 4.99 Å². The second kappa shape index (κ2) is 13.2. The van der Waals surface area contributed by atoms with Crippen LogP contribution in [-0.2, 0) is 11.3 Å². The average Bonchev–Trinajstić information content (AvgIpc) is 2.66. The first kappa shape index (κ1) is 23.0. The molecule has 0 unspecified atom stereocenters. The van der Waals surface area contributed by atoms with Gasteiger partial charge in [0.2, 0.25) is 0 Å². The van der Waals surface area contributed by atoms with E-state index in [0.29, 0.717) is 0 Å². The molecule has 0 spiro atoms. The van der Waals surface area contributed by atoms with Crippen LogP contribution in [0.2, 0.25) is 0 Å². The van der Waals surface area contributed by atoms with Gasteiger partial charge < -0.3 is 19.7 Å². The van der Waals surface area contributed by atoms with Gasteiger partial charge in [-0.1, -0.05) is 19.1 Å². The molecule has 26 heavy (non-hydrogen) atoms. The molecule has 0 atom stereocenters. The molecular formula is C20H34IN3O2. The molecule has 1 N–H and O–H groups in total. The summed E-state index contributed by atoms with van der Waals surface area (Å²) in [6, 6.07) is 8.26. The molecule has 1 fully saturated rings. The third-order valence-corrected chi connectivity index (χ3v) is 4.61. The smallest absolute Gasteiger partial charge is 0.193 e. The lowest BCUT2D eigenvalue weighted by molar-refractivity contribution is 0.0625. The zero-order valence-corrected chi connectivity index (χ0v) is 18.7. The van der Waals surface area contributed by atoms with Crippen LogP contribution >= 0.6 is 24.0 Å². The van der Waals surface area contributed by atoms with E-state index in [0.717, 1.165) is 57.0 Å². The molecule has 0 bridgehead atoms. The van der Waals surface area contributed by atoms with Crippen molar-refractivity contribution in [2.45, 2.75) is 39.2 Å². The molecule has 5 nitrogen and oxygen atoms in total. The van der Waals surface area contributed by atoms with Gasteiger partial charge >= 0.3 is 0 Å². The number of aliphatic imine (C=N–C) groups is 1. The molecule has 1 saturated heterocycles. The van der Waals surface area contributed by atoms with Crippen molar-refractivity contribution < 1.29 is 9.47 Å². The van der Waals surface area contributed by atoms with Gasteiger partial charge in [-0.15, -0.1) is 24.0 Å². The largest absolute Gasteiger partial charge is 0.494 e. The van der Waals surface area contributed by atoms with Crippen LogP contribution in [0, 0.1) is 5.92 Å². The summed E-state index contributed by atoms with van der Waals surface area (Å²) in [7, 11) is 3.95. The lowest BCUT2D eigenvalue weighted by Crippen LogP contribution is -2.39. The van der Waals surface area contributed by atoms with Crippen LogP contribution in [0.1, 0.15) is 38.2 Å².